The van der Waals surface area contributed by atoms with Gasteiger partial charge < -0.3 is 13.9 Å². The number of alkyl halides is 3. The van der Waals surface area contributed by atoms with E-state index in [1.165, 1.54) is 30.6 Å². The molecule has 0 saturated heterocycles. The van der Waals surface area contributed by atoms with Crippen LogP contribution in [0, 0.1) is 0 Å². The quantitative estimate of drug-likeness (QED) is 0.178. The second-order valence-corrected chi connectivity index (χ2v) is 8.11. The number of ether oxygens (including phenoxy) is 2. The number of carbonyl (C=O) groups excluding carboxylic acids is 1. The van der Waals surface area contributed by atoms with E-state index in [0.29, 0.717) is 29.9 Å². The second kappa shape index (κ2) is 11.7. The molecule has 2 heterocycles. The summed E-state index contributed by atoms with van der Waals surface area (Å²) in [7, 11) is 0. The van der Waals surface area contributed by atoms with Gasteiger partial charge in [0.2, 0.25) is 0 Å². The smallest absolute Gasteiger partial charge is 0.416 e. The maximum absolute atomic E-state index is 13.0. The first kappa shape index (κ1) is 26.0. The fourth-order valence-corrected chi connectivity index (χ4v) is 3.39. The van der Waals surface area contributed by atoms with Crippen LogP contribution in [-0.4, -0.2) is 24.2 Å². The van der Waals surface area contributed by atoms with Crippen molar-refractivity contribution in [2.45, 2.75) is 45.2 Å². The third-order valence-corrected chi connectivity index (χ3v) is 5.23. The average Bonchev–Trinajstić information content (AvgIpc) is 2.82. The van der Waals surface area contributed by atoms with Crippen LogP contribution in [0.5, 0.6) is 5.75 Å². The number of nitrogens with zero attached hydrogens (tertiary/aromatic N) is 1. The molecule has 0 N–H and O–H groups in total. The van der Waals surface area contributed by atoms with E-state index < -0.39 is 17.4 Å². The number of benzene rings is 1. The lowest BCUT2D eigenvalue weighted by Crippen LogP contribution is -2.07. The largest absolute Gasteiger partial charge is 0.488 e. The first-order valence-corrected chi connectivity index (χ1v) is 11.2. The molecular weight excluding hydrogens is 463 g/mol. The molecule has 35 heavy (non-hydrogen) atoms. The highest BCUT2D eigenvalue weighted by molar-refractivity contribution is 5.87. The van der Waals surface area contributed by atoms with E-state index in [0.717, 1.165) is 44.2 Å². The molecule has 0 bridgehead atoms. The standard InChI is InChI=1S/C26H26F3NO5/c1-17(2)24(31)34-12-7-5-3-4-6-11-33-22-16-30-15-19-14-21(25(32)35-23(19)22)18-9-8-10-20(13-18)26(27,28)29/h8-10,13-16H,1,3-7,11-12H2,2H3. The molecule has 1 aromatic carbocycles. The summed E-state index contributed by atoms with van der Waals surface area (Å²) in [5.74, 6) is -0.0856. The first-order chi connectivity index (χ1) is 16.7. The van der Waals surface area contributed by atoms with Crippen LogP contribution in [0.25, 0.3) is 22.1 Å². The summed E-state index contributed by atoms with van der Waals surface area (Å²) in [6.45, 7) is 5.88. The lowest BCUT2D eigenvalue weighted by Gasteiger charge is -2.10. The van der Waals surface area contributed by atoms with Crippen molar-refractivity contribution in [1.82, 2.24) is 4.98 Å². The number of unbranched alkanes of at least 4 members (excludes halogenated alkanes) is 4. The fraction of sp³-hybridized carbons (Fsp3) is 0.346. The van der Waals surface area contributed by atoms with Gasteiger partial charge in [-0.3, -0.25) is 4.98 Å². The number of hydrogen-bond acceptors (Lipinski definition) is 6. The van der Waals surface area contributed by atoms with Crippen molar-refractivity contribution in [2.24, 2.45) is 0 Å². The number of halogens is 3. The molecule has 0 atom stereocenters. The summed E-state index contributed by atoms with van der Waals surface area (Å²) in [6.07, 6.45) is 2.65. The Balaban J connectivity index is 1.57. The number of hydrogen-bond donors (Lipinski definition) is 0. The highest BCUT2D eigenvalue weighted by Gasteiger charge is 2.30. The number of carbonyl (C=O) groups is 1. The number of fused-ring (bicyclic) bond motifs is 1. The van der Waals surface area contributed by atoms with Gasteiger partial charge in [-0.05, 0) is 43.5 Å². The first-order valence-electron chi connectivity index (χ1n) is 11.2. The zero-order valence-electron chi connectivity index (χ0n) is 19.3. The minimum Gasteiger partial charge on any atom is -0.488 e. The third-order valence-electron chi connectivity index (χ3n) is 5.23. The van der Waals surface area contributed by atoms with E-state index in [4.69, 9.17) is 13.9 Å². The monoisotopic (exact) mass is 489 g/mol. The highest BCUT2D eigenvalue weighted by Crippen LogP contribution is 2.32. The van der Waals surface area contributed by atoms with Crippen LogP contribution in [0.1, 0.15) is 44.6 Å². The number of aromatic nitrogens is 1. The van der Waals surface area contributed by atoms with Crippen LogP contribution >= 0.6 is 0 Å². The Morgan fingerprint density at radius 1 is 1.06 bits per heavy atom. The van der Waals surface area contributed by atoms with Crippen molar-refractivity contribution in [3.8, 4) is 16.9 Å². The minimum atomic E-state index is -4.52. The summed E-state index contributed by atoms with van der Waals surface area (Å²) in [5, 5.41) is 0.443. The molecular formula is C26H26F3NO5. The Hall–Kier alpha value is -3.62. The van der Waals surface area contributed by atoms with E-state index in [1.54, 1.807) is 6.92 Å². The second-order valence-electron chi connectivity index (χ2n) is 8.11. The van der Waals surface area contributed by atoms with Crippen LogP contribution < -0.4 is 10.4 Å². The lowest BCUT2D eigenvalue weighted by atomic mass is 10.0. The molecule has 0 spiro atoms. The van der Waals surface area contributed by atoms with Crippen molar-refractivity contribution in [1.29, 1.82) is 0 Å². The van der Waals surface area contributed by atoms with E-state index in [9.17, 15) is 22.8 Å². The van der Waals surface area contributed by atoms with Crippen LogP contribution in [-0.2, 0) is 15.7 Å². The summed E-state index contributed by atoms with van der Waals surface area (Å²) in [6, 6.07) is 5.98. The van der Waals surface area contributed by atoms with Crippen molar-refractivity contribution in [2.75, 3.05) is 13.2 Å². The van der Waals surface area contributed by atoms with Gasteiger partial charge >= 0.3 is 17.8 Å². The van der Waals surface area contributed by atoms with Crippen LogP contribution in [0.3, 0.4) is 0 Å². The van der Waals surface area contributed by atoms with Gasteiger partial charge in [0.25, 0.3) is 0 Å². The van der Waals surface area contributed by atoms with Crippen molar-refractivity contribution >= 4 is 16.9 Å². The normalized spacial score (nSPS) is 11.4. The summed E-state index contributed by atoms with van der Waals surface area (Å²) < 4.78 is 55.3. The maximum Gasteiger partial charge on any atom is 0.416 e. The summed E-state index contributed by atoms with van der Waals surface area (Å²) >= 11 is 0. The predicted molar refractivity (Wildman–Crippen MR) is 125 cm³/mol. The molecule has 0 aliphatic heterocycles. The van der Waals surface area contributed by atoms with E-state index in [2.05, 4.69) is 11.6 Å². The van der Waals surface area contributed by atoms with E-state index in [1.807, 2.05) is 0 Å². The lowest BCUT2D eigenvalue weighted by molar-refractivity contribution is -0.139. The predicted octanol–water partition coefficient (Wildman–Crippen LogP) is 6.32. The van der Waals surface area contributed by atoms with Crippen molar-refractivity contribution in [3.05, 3.63) is 70.9 Å². The molecule has 2 aromatic heterocycles. The SMILES string of the molecule is C=C(C)C(=O)OCCCCCCCOc1cncc2cc(-c3cccc(C(F)(F)F)c3)c(=O)oc12. The average molecular weight is 489 g/mol. The van der Waals surface area contributed by atoms with Gasteiger partial charge in [-0.1, -0.05) is 38.0 Å². The Kier molecular flexibility index (Phi) is 8.68. The molecule has 0 saturated carbocycles. The number of pyridine rings is 1. The van der Waals surface area contributed by atoms with Crippen LogP contribution in [0.2, 0.25) is 0 Å². The maximum atomic E-state index is 13.0. The molecule has 186 valence electrons. The topological polar surface area (TPSA) is 78.6 Å². The summed E-state index contributed by atoms with van der Waals surface area (Å²) in [5.41, 5.74) is -0.918. The molecule has 6 nitrogen and oxygen atoms in total. The van der Waals surface area contributed by atoms with Gasteiger partial charge in [0, 0.05) is 17.2 Å². The van der Waals surface area contributed by atoms with Gasteiger partial charge in [-0.15, -0.1) is 0 Å². The van der Waals surface area contributed by atoms with Crippen LogP contribution in [0.4, 0.5) is 13.2 Å². The van der Waals surface area contributed by atoms with Gasteiger partial charge in [0.05, 0.1) is 30.5 Å². The highest BCUT2D eigenvalue weighted by atomic mass is 19.4. The van der Waals surface area contributed by atoms with Crippen LogP contribution in [0.15, 0.2) is 64.1 Å². The molecule has 0 aliphatic rings. The number of rotatable bonds is 11. The van der Waals surface area contributed by atoms with Gasteiger partial charge in [0.1, 0.15) is 0 Å². The molecule has 0 fully saturated rings. The zero-order chi connectivity index (χ0) is 25.4. The van der Waals surface area contributed by atoms with E-state index >= 15 is 0 Å². The molecule has 0 amide bonds. The Bertz CT molecular complexity index is 1250. The fourth-order valence-electron chi connectivity index (χ4n) is 3.39. The number of esters is 1. The van der Waals surface area contributed by atoms with Gasteiger partial charge in [0.15, 0.2) is 11.3 Å². The Morgan fingerprint density at radius 2 is 1.77 bits per heavy atom. The Morgan fingerprint density at radius 3 is 2.49 bits per heavy atom. The minimum absolute atomic E-state index is 0.0106. The zero-order valence-corrected chi connectivity index (χ0v) is 19.3. The van der Waals surface area contributed by atoms with Gasteiger partial charge in [-0.25, -0.2) is 9.59 Å². The molecule has 3 rings (SSSR count). The molecule has 3 aromatic rings. The molecule has 0 aliphatic carbocycles. The summed E-state index contributed by atoms with van der Waals surface area (Å²) in [4.78, 5) is 28.0. The molecule has 9 heteroatoms. The molecule has 0 unspecified atom stereocenters. The Labute approximate surface area is 200 Å². The van der Waals surface area contributed by atoms with Crippen molar-refractivity contribution in [3.63, 3.8) is 0 Å². The molecule has 0 radical (unpaired) electrons. The third kappa shape index (κ3) is 7.18. The van der Waals surface area contributed by atoms with Crippen molar-refractivity contribution < 1.29 is 31.9 Å². The van der Waals surface area contributed by atoms with E-state index in [-0.39, 0.29) is 22.7 Å². The van der Waals surface area contributed by atoms with Gasteiger partial charge in [-0.2, -0.15) is 13.2 Å².